The molecule has 0 fully saturated rings. The maximum absolute atomic E-state index is 13.0. The highest BCUT2D eigenvalue weighted by Crippen LogP contribution is 2.33. The van der Waals surface area contributed by atoms with Crippen molar-refractivity contribution in [3.8, 4) is 0 Å². The monoisotopic (exact) mass is 446 g/mol. The van der Waals surface area contributed by atoms with Crippen LogP contribution in [0.2, 0.25) is 5.02 Å². The Bertz CT molecular complexity index is 1230. The molecule has 3 aromatic rings. The summed E-state index contributed by atoms with van der Waals surface area (Å²) in [4.78, 5) is 40.6. The van der Waals surface area contributed by atoms with E-state index in [0.717, 1.165) is 5.56 Å². The molecule has 5 nitrogen and oxygen atoms in total. The van der Waals surface area contributed by atoms with E-state index in [1.54, 1.807) is 31.2 Å². The molecule has 0 aliphatic heterocycles. The van der Waals surface area contributed by atoms with Crippen molar-refractivity contribution < 1.29 is 14.4 Å². The van der Waals surface area contributed by atoms with Gasteiger partial charge in [-0.15, -0.1) is 0 Å². The number of fused-ring (bicyclic) bond motifs is 2. The summed E-state index contributed by atoms with van der Waals surface area (Å²) in [7, 11) is 1.87. The lowest BCUT2D eigenvalue weighted by Gasteiger charge is -2.25. The fraction of sp³-hybridized carbons (Fsp3) is 0.192. The van der Waals surface area contributed by atoms with Gasteiger partial charge in [0.1, 0.15) is 0 Å². The van der Waals surface area contributed by atoms with Gasteiger partial charge in [0.2, 0.25) is 5.91 Å². The number of benzene rings is 3. The molecule has 0 heterocycles. The molecule has 0 unspecified atom stereocenters. The molecule has 0 aromatic heterocycles. The molecule has 0 saturated carbocycles. The zero-order chi connectivity index (χ0) is 23.0. The molecule has 1 aliphatic rings. The molecule has 4 rings (SSSR count). The van der Waals surface area contributed by atoms with Gasteiger partial charge < -0.3 is 5.32 Å². The Hall–Kier alpha value is -3.28. The summed E-state index contributed by atoms with van der Waals surface area (Å²) in [5.41, 5.74) is 3.81. The average molecular weight is 447 g/mol. The zero-order valence-electron chi connectivity index (χ0n) is 18.1. The van der Waals surface area contributed by atoms with Crippen molar-refractivity contribution in [2.24, 2.45) is 0 Å². The fourth-order valence-electron chi connectivity index (χ4n) is 3.77. The molecule has 1 aliphatic carbocycles. The van der Waals surface area contributed by atoms with Crippen LogP contribution in [0.15, 0.2) is 60.7 Å². The Morgan fingerprint density at radius 1 is 0.938 bits per heavy atom. The van der Waals surface area contributed by atoms with E-state index in [-0.39, 0.29) is 33.6 Å². The number of carbonyl (C=O) groups is 3. The summed E-state index contributed by atoms with van der Waals surface area (Å²) in [6.45, 7) is 4.44. The smallest absolute Gasteiger partial charge is 0.241 e. The van der Waals surface area contributed by atoms with Crippen molar-refractivity contribution in [2.75, 3.05) is 12.4 Å². The summed E-state index contributed by atoms with van der Waals surface area (Å²) in [5.74, 6) is -0.760. The van der Waals surface area contributed by atoms with Gasteiger partial charge in [-0.05, 0) is 38.6 Å². The maximum Gasteiger partial charge on any atom is 0.241 e. The lowest BCUT2D eigenvalue weighted by Crippen LogP contribution is -2.39. The van der Waals surface area contributed by atoms with E-state index in [0.29, 0.717) is 23.4 Å². The first-order chi connectivity index (χ1) is 15.3. The maximum atomic E-state index is 13.0. The Balaban J connectivity index is 1.54. The normalized spacial score (nSPS) is 13.5. The van der Waals surface area contributed by atoms with Crippen molar-refractivity contribution in [1.29, 1.82) is 0 Å². The van der Waals surface area contributed by atoms with Gasteiger partial charge in [0.15, 0.2) is 11.6 Å². The van der Waals surface area contributed by atoms with Gasteiger partial charge in [-0.1, -0.05) is 65.7 Å². The minimum Gasteiger partial charge on any atom is -0.323 e. The third-order valence-electron chi connectivity index (χ3n) is 5.86. The molecule has 3 aromatic carbocycles. The Kier molecular flexibility index (Phi) is 5.96. The average Bonchev–Trinajstić information content (AvgIpc) is 2.79. The SMILES string of the molecule is Cc1ccc(CN(C)[C@@H](C)C(=O)Nc2cc3c(cc2Cl)C(=O)c2ccccc2C3=O)cc1. The van der Waals surface area contributed by atoms with Gasteiger partial charge in [-0.2, -0.15) is 0 Å². The third kappa shape index (κ3) is 4.09. The molecule has 1 N–H and O–H groups in total. The number of hydrogen-bond donors (Lipinski definition) is 1. The van der Waals surface area contributed by atoms with Crippen LogP contribution in [0.4, 0.5) is 5.69 Å². The standard InChI is InChI=1S/C26H23ClN2O3/c1-15-8-10-17(11-9-15)14-29(3)16(2)26(32)28-23-13-21-20(12-22(23)27)24(30)18-6-4-5-7-19(18)25(21)31/h4-13,16H,14H2,1-3H3,(H,28,32)/t16-/m0/s1. The predicted molar refractivity (Wildman–Crippen MR) is 125 cm³/mol. The van der Waals surface area contributed by atoms with Crippen molar-refractivity contribution in [1.82, 2.24) is 4.90 Å². The molecule has 162 valence electrons. The van der Waals surface area contributed by atoms with Crippen LogP contribution in [0.5, 0.6) is 0 Å². The number of anilines is 1. The number of carbonyl (C=O) groups excluding carboxylic acids is 3. The van der Waals surface area contributed by atoms with Gasteiger partial charge in [0.05, 0.1) is 16.8 Å². The van der Waals surface area contributed by atoms with E-state index >= 15 is 0 Å². The predicted octanol–water partition coefficient (Wildman–Crippen LogP) is 4.88. The highest BCUT2D eigenvalue weighted by atomic mass is 35.5. The van der Waals surface area contributed by atoms with Crippen LogP contribution in [-0.4, -0.2) is 35.5 Å². The first-order valence-electron chi connectivity index (χ1n) is 10.3. The second-order valence-electron chi connectivity index (χ2n) is 8.15. The summed E-state index contributed by atoms with van der Waals surface area (Å²) < 4.78 is 0. The summed E-state index contributed by atoms with van der Waals surface area (Å²) in [6, 6.07) is 17.4. The van der Waals surface area contributed by atoms with Gasteiger partial charge in [-0.25, -0.2) is 0 Å². The topological polar surface area (TPSA) is 66.5 Å². The van der Waals surface area contributed by atoms with E-state index in [2.05, 4.69) is 5.32 Å². The van der Waals surface area contributed by atoms with E-state index in [4.69, 9.17) is 11.6 Å². The lowest BCUT2D eigenvalue weighted by atomic mass is 9.84. The molecule has 6 heteroatoms. The van der Waals surface area contributed by atoms with Crippen molar-refractivity contribution >= 4 is 34.8 Å². The largest absolute Gasteiger partial charge is 0.323 e. The number of nitrogens with zero attached hydrogens (tertiary/aromatic N) is 1. The number of ketones is 2. The second-order valence-corrected chi connectivity index (χ2v) is 8.55. The second kappa shape index (κ2) is 8.69. The molecule has 0 radical (unpaired) electrons. The molecular weight excluding hydrogens is 424 g/mol. The molecule has 0 saturated heterocycles. The summed E-state index contributed by atoms with van der Waals surface area (Å²) in [5, 5.41) is 3.03. The number of rotatable bonds is 5. The number of halogens is 1. The van der Waals surface area contributed by atoms with Crippen LogP contribution >= 0.6 is 11.6 Å². The Morgan fingerprint density at radius 3 is 2.09 bits per heavy atom. The zero-order valence-corrected chi connectivity index (χ0v) is 18.9. The van der Waals surface area contributed by atoms with Gasteiger partial charge >= 0.3 is 0 Å². The van der Waals surface area contributed by atoms with Gasteiger partial charge in [0.25, 0.3) is 0 Å². The van der Waals surface area contributed by atoms with Gasteiger partial charge in [0, 0.05) is 28.8 Å². The minimum absolute atomic E-state index is 0.214. The first kappa shape index (κ1) is 21.9. The van der Waals surface area contributed by atoms with Gasteiger partial charge in [-0.3, -0.25) is 19.3 Å². The van der Waals surface area contributed by atoms with E-state index in [1.165, 1.54) is 17.7 Å². The van der Waals surface area contributed by atoms with Crippen molar-refractivity contribution in [3.05, 3.63) is 99.1 Å². The minimum atomic E-state index is -0.443. The molecule has 1 atom stereocenters. The van der Waals surface area contributed by atoms with Crippen LogP contribution in [-0.2, 0) is 11.3 Å². The van der Waals surface area contributed by atoms with Crippen molar-refractivity contribution in [3.63, 3.8) is 0 Å². The third-order valence-corrected chi connectivity index (χ3v) is 6.18. The highest BCUT2D eigenvalue weighted by molar-refractivity contribution is 6.36. The van der Waals surface area contributed by atoms with E-state index < -0.39 is 6.04 Å². The van der Waals surface area contributed by atoms with Crippen LogP contribution in [0.3, 0.4) is 0 Å². The lowest BCUT2D eigenvalue weighted by molar-refractivity contribution is -0.120. The first-order valence-corrected chi connectivity index (χ1v) is 10.7. The molecule has 1 amide bonds. The molecular formula is C26H23ClN2O3. The van der Waals surface area contributed by atoms with Crippen LogP contribution in [0.25, 0.3) is 0 Å². The van der Waals surface area contributed by atoms with Crippen molar-refractivity contribution in [2.45, 2.75) is 26.4 Å². The number of hydrogen-bond acceptors (Lipinski definition) is 4. The summed E-state index contributed by atoms with van der Waals surface area (Å²) >= 11 is 6.38. The Morgan fingerprint density at radius 2 is 1.50 bits per heavy atom. The quantitative estimate of drug-likeness (QED) is 0.474. The molecule has 32 heavy (non-hydrogen) atoms. The number of amides is 1. The number of likely N-dealkylation sites (N-methyl/N-ethyl adjacent to an activating group) is 1. The van der Waals surface area contributed by atoms with Crippen LogP contribution in [0, 0.1) is 6.92 Å². The molecule has 0 spiro atoms. The van der Waals surface area contributed by atoms with Crippen LogP contribution in [0.1, 0.15) is 49.9 Å². The van der Waals surface area contributed by atoms with E-state index in [1.807, 2.05) is 43.1 Å². The number of aryl methyl sites for hydroxylation is 1. The number of nitrogens with one attached hydrogen (secondary N) is 1. The fourth-order valence-corrected chi connectivity index (χ4v) is 3.98. The summed E-state index contributed by atoms with van der Waals surface area (Å²) in [6.07, 6.45) is 0. The molecule has 0 bridgehead atoms. The highest BCUT2D eigenvalue weighted by Gasteiger charge is 2.31. The van der Waals surface area contributed by atoms with E-state index in [9.17, 15) is 14.4 Å². The Labute approximate surface area is 192 Å². The van der Waals surface area contributed by atoms with Crippen LogP contribution < -0.4 is 5.32 Å².